The molecule has 2 aromatic heterocycles. The van der Waals surface area contributed by atoms with Crippen LogP contribution in [0, 0.1) is 0 Å². The highest BCUT2D eigenvalue weighted by Crippen LogP contribution is 2.24. The Morgan fingerprint density at radius 1 is 1.10 bits per heavy atom. The number of likely N-dealkylation sites (tertiary alicyclic amines) is 1. The van der Waals surface area contributed by atoms with Crippen molar-refractivity contribution in [2.45, 2.75) is 32.0 Å². The molecular weight excluding hydrogens is 366 g/mol. The van der Waals surface area contributed by atoms with E-state index in [2.05, 4.69) is 21.3 Å². The average Bonchev–Trinajstić information content (AvgIpc) is 3.28. The molecule has 0 atom stereocenters. The van der Waals surface area contributed by atoms with E-state index in [1.807, 2.05) is 42.6 Å². The van der Waals surface area contributed by atoms with Gasteiger partial charge in [0.15, 0.2) is 0 Å². The van der Waals surface area contributed by atoms with Crippen molar-refractivity contribution in [3.05, 3.63) is 84.1 Å². The highest BCUT2D eigenvalue weighted by molar-refractivity contribution is 5.96. The Balaban J connectivity index is 1.31. The van der Waals surface area contributed by atoms with Crippen molar-refractivity contribution in [2.75, 3.05) is 13.1 Å². The monoisotopic (exact) mass is 391 g/mol. The van der Waals surface area contributed by atoms with Gasteiger partial charge in [-0.3, -0.25) is 14.7 Å². The molecule has 0 radical (unpaired) electrons. The van der Waals surface area contributed by atoms with Gasteiger partial charge in [-0.05, 0) is 49.2 Å². The largest absolute Gasteiger partial charge is 0.489 e. The molecule has 1 aliphatic rings. The number of benzene rings is 1. The Labute approximate surface area is 170 Å². The van der Waals surface area contributed by atoms with Crippen LogP contribution in [0.2, 0.25) is 0 Å². The van der Waals surface area contributed by atoms with Crippen LogP contribution >= 0.6 is 0 Å². The first kappa shape index (κ1) is 19.2. The van der Waals surface area contributed by atoms with E-state index >= 15 is 0 Å². The van der Waals surface area contributed by atoms with E-state index in [-0.39, 0.29) is 12.0 Å². The van der Waals surface area contributed by atoms with Crippen molar-refractivity contribution >= 4 is 5.91 Å². The maximum Gasteiger partial charge on any atom is 0.255 e. The van der Waals surface area contributed by atoms with Gasteiger partial charge in [0.05, 0.1) is 24.1 Å². The summed E-state index contributed by atoms with van der Waals surface area (Å²) in [5, 5.41) is 2.89. The van der Waals surface area contributed by atoms with Crippen LogP contribution in [0.4, 0.5) is 0 Å². The lowest BCUT2D eigenvalue weighted by atomic mass is 10.1. The molecule has 4 rings (SSSR count). The third-order valence-corrected chi connectivity index (χ3v) is 5.07. The van der Waals surface area contributed by atoms with Crippen LogP contribution in [0.15, 0.2) is 71.5 Å². The zero-order chi connectivity index (χ0) is 19.9. The summed E-state index contributed by atoms with van der Waals surface area (Å²) in [7, 11) is 0. The minimum atomic E-state index is -0.162. The van der Waals surface area contributed by atoms with E-state index < -0.39 is 0 Å². The second-order valence-electron chi connectivity index (χ2n) is 7.17. The zero-order valence-electron chi connectivity index (χ0n) is 16.3. The number of ether oxygens (including phenoxy) is 1. The first-order chi connectivity index (χ1) is 14.3. The number of furan rings is 1. The van der Waals surface area contributed by atoms with Gasteiger partial charge in [0.2, 0.25) is 0 Å². The third kappa shape index (κ3) is 5.23. The standard InChI is InChI=1S/C23H25N3O3/c27-23(25-16-20-7-5-15-28-20)21-8-1-2-9-22(21)29-19-10-13-26(14-11-19)17-18-6-3-4-12-24-18/h1-9,12,15,19H,10-11,13-14,16-17H2,(H,25,27). The van der Waals surface area contributed by atoms with Crippen molar-refractivity contribution in [3.63, 3.8) is 0 Å². The molecular formula is C23H25N3O3. The fourth-order valence-electron chi connectivity index (χ4n) is 3.52. The Morgan fingerprint density at radius 2 is 1.93 bits per heavy atom. The van der Waals surface area contributed by atoms with Gasteiger partial charge in [0.25, 0.3) is 5.91 Å². The van der Waals surface area contributed by atoms with Crippen molar-refractivity contribution in [1.29, 1.82) is 0 Å². The number of piperidine rings is 1. The van der Waals surface area contributed by atoms with Gasteiger partial charge in [-0.25, -0.2) is 0 Å². The third-order valence-electron chi connectivity index (χ3n) is 5.07. The van der Waals surface area contributed by atoms with Crippen LogP contribution in [0.5, 0.6) is 5.75 Å². The summed E-state index contributed by atoms with van der Waals surface area (Å²) >= 11 is 0. The fourth-order valence-corrected chi connectivity index (χ4v) is 3.52. The van der Waals surface area contributed by atoms with Gasteiger partial charge >= 0.3 is 0 Å². The van der Waals surface area contributed by atoms with E-state index in [1.165, 1.54) is 0 Å². The number of rotatable bonds is 7. The second kappa shape index (κ2) is 9.39. The van der Waals surface area contributed by atoms with E-state index in [0.717, 1.165) is 43.9 Å². The van der Waals surface area contributed by atoms with Crippen LogP contribution in [-0.4, -0.2) is 35.0 Å². The molecule has 6 nitrogen and oxygen atoms in total. The zero-order valence-corrected chi connectivity index (χ0v) is 16.3. The summed E-state index contributed by atoms with van der Waals surface area (Å²) in [4.78, 5) is 19.4. The number of carbonyl (C=O) groups excluding carboxylic acids is 1. The van der Waals surface area contributed by atoms with Crippen molar-refractivity contribution in [3.8, 4) is 5.75 Å². The Morgan fingerprint density at radius 3 is 2.69 bits per heavy atom. The highest BCUT2D eigenvalue weighted by atomic mass is 16.5. The van der Waals surface area contributed by atoms with Gasteiger partial charge in [-0.2, -0.15) is 0 Å². The van der Waals surface area contributed by atoms with E-state index in [4.69, 9.17) is 9.15 Å². The van der Waals surface area contributed by atoms with Crippen LogP contribution in [0.3, 0.4) is 0 Å². The molecule has 1 aliphatic heterocycles. The molecule has 1 saturated heterocycles. The molecule has 29 heavy (non-hydrogen) atoms. The summed E-state index contributed by atoms with van der Waals surface area (Å²) in [6, 6.07) is 17.1. The van der Waals surface area contributed by atoms with Crippen LogP contribution < -0.4 is 10.1 Å². The summed E-state index contributed by atoms with van der Waals surface area (Å²) in [5.74, 6) is 1.19. The number of pyridine rings is 1. The molecule has 3 heterocycles. The minimum Gasteiger partial charge on any atom is -0.489 e. The molecule has 3 aromatic rings. The van der Waals surface area contributed by atoms with E-state index in [9.17, 15) is 4.79 Å². The summed E-state index contributed by atoms with van der Waals surface area (Å²) < 4.78 is 11.5. The molecule has 1 amide bonds. The number of carbonyl (C=O) groups is 1. The van der Waals surface area contributed by atoms with Gasteiger partial charge < -0.3 is 14.5 Å². The lowest BCUT2D eigenvalue weighted by Gasteiger charge is -2.32. The topological polar surface area (TPSA) is 67.6 Å². The predicted molar refractivity (Wildman–Crippen MR) is 109 cm³/mol. The van der Waals surface area contributed by atoms with Crippen molar-refractivity contribution in [1.82, 2.24) is 15.2 Å². The Bertz CT molecular complexity index is 904. The molecule has 1 aromatic carbocycles. The number of amides is 1. The first-order valence-corrected chi connectivity index (χ1v) is 9.96. The molecule has 6 heteroatoms. The maximum absolute atomic E-state index is 12.6. The van der Waals surface area contributed by atoms with Crippen molar-refractivity contribution < 1.29 is 13.9 Å². The highest BCUT2D eigenvalue weighted by Gasteiger charge is 2.22. The molecule has 0 aliphatic carbocycles. The quantitative estimate of drug-likeness (QED) is 0.666. The van der Waals surface area contributed by atoms with Crippen LogP contribution in [-0.2, 0) is 13.1 Å². The van der Waals surface area contributed by atoms with Gasteiger partial charge in [0, 0.05) is 25.8 Å². The second-order valence-corrected chi connectivity index (χ2v) is 7.17. The fraction of sp³-hybridized carbons (Fsp3) is 0.304. The van der Waals surface area contributed by atoms with Gasteiger partial charge in [-0.1, -0.05) is 18.2 Å². The van der Waals surface area contributed by atoms with Crippen molar-refractivity contribution in [2.24, 2.45) is 0 Å². The molecule has 0 bridgehead atoms. The molecule has 150 valence electrons. The lowest BCUT2D eigenvalue weighted by Crippen LogP contribution is -2.38. The maximum atomic E-state index is 12.6. The van der Waals surface area contributed by atoms with E-state index in [1.54, 1.807) is 18.4 Å². The average molecular weight is 391 g/mol. The number of nitrogens with zero attached hydrogens (tertiary/aromatic N) is 2. The smallest absolute Gasteiger partial charge is 0.255 e. The number of para-hydroxylation sites is 1. The number of nitrogens with one attached hydrogen (secondary N) is 1. The van der Waals surface area contributed by atoms with Crippen LogP contribution in [0.1, 0.15) is 34.7 Å². The summed E-state index contributed by atoms with van der Waals surface area (Å²) in [5.41, 5.74) is 1.64. The molecule has 0 saturated carbocycles. The molecule has 0 unspecified atom stereocenters. The molecule has 1 fully saturated rings. The Hall–Kier alpha value is -3.12. The normalized spacial score (nSPS) is 15.2. The predicted octanol–water partition coefficient (Wildman–Crippen LogP) is 3.65. The lowest BCUT2D eigenvalue weighted by molar-refractivity contribution is 0.0886. The number of hydrogen-bond donors (Lipinski definition) is 1. The SMILES string of the molecule is O=C(NCc1ccco1)c1ccccc1OC1CCN(Cc2ccccn2)CC1. The molecule has 0 spiro atoms. The summed E-state index contributed by atoms with van der Waals surface area (Å²) in [6.07, 6.45) is 5.39. The number of hydrogen-bond acceptors (Lipinski definition) is 5. The first-order valence-electron chi connectivity index (χ1n) is 9.96. The van der Waals surface area contributed by atoms with E-state index in [0.29, 0.717) is 17.9 Å². The van der Waals surface area contributed by atoms with Gasteiger partial charge in [-0.15, -0.1) is 0 Å². The number of aromatic nitrogens is 1. The van der Waals surface area contributed by atoms with Crippen LogP contribution in [0.25, 0.3) is 0 Å². The summed E-state index contributed by atoms with van der Waals surface area (Å²) in [6.45, 7) is 3.12. The van der Waals surface area contributed by atoms with Gasteiger partial charge in [0.1, 0.15) is 17.6 Å². The minimum absolute atomic E-state index is 0.106. The molecule has 1 N–H and O–H groups in total. The Kier molecular flexibility index (Phi) is 6.22.